The Balaban J connectivity index is 1.67. The van der Waals surface area contributed by atoms with Gasteiger partial charge in [0.1, 0.15) is 0 Å². The minimum absolute atomic E-state index is 0.226. The quantitative estimate of drug-likeness (QED) is 0.621. The Morgan fingerprint density at radius 2 is 1.83 bits per heavy atom. The van der Waals surface area contributed by atoms with Crippen molar-refractivity contribution < 1.29 is 4.79 Å². The van der Waals surface area contributed by atoms with Gasteiger partial charge in [-0.05, 0) is 54.0 Å². The minimum Gasteiger partial charge on any atom is -0.332 e. The molecule has 6 heteroatoms. The molecule has 0 aliphatic rings. The van der Waals surface area contributed by atoms with Crippen molar-refractivity contribution in [3.8, 4) is 10.4 Å². The Morgan fingerprint density at radius 1 is 1.04 bits per heavy atom. The lowest BCUT2D eigenvalue weighted by atomic mass is 10.1. The van der Waals surface area contributed by atoms with Crippen molar-refractivity contribution in [2.24, 2.45) is 0 Å². The fourth-order valence-corrected chi connectivity index (χ4v) is 3.47. The number of thiocarbonyl (C=S) groups is 1. The first-order valence-corrected chi connectivity index (χ1v) is 8.81. The van der Waals surface area contributed by atoms with Crippen molar-refractivity contribution in [3.05, 3.63) is 76.6 Å². The molecule has 0 unspecified atom stereocenters. The number of hydrogen-bond donors (Lipinski definition) is 2. The average Bonchev–Trinajstić information content (AvgIpc) is 3.10. The van der Waals surface area contributed by atoms with Gasteiger partial charge in [0.15, 0.2) is 5.11 Å². The first kappa shape index (κ1) is 16.6. The number of hydrogen-bond acceptors (Lipinski definition) is 3. The molecule has 0 bridgehead atoms. The average molecular weight is 373 g/mol. The molecule has 3 aromatic rings. The van der Waals surface area contributed by atoms with E-state index in [2.05, 4.69) is 10.6 Å². The Hall–Kier alpha value is -2.21. The number of amides is 1. The van der Waals surface area contributed by atoms with Crippen LogP contribution in [0.3, 0.4) is 0 Å². The van der Waals surface area contributed by atoms with Gasteiger partial charge in [0.25, 0.3) is 5.91 Å². The third-order valence-corrected chi connectivity index (χ3v) is 4.70. The molecule has 3 rings (SSSR count). The highest BCUT2D eigenvalue weighted by Gasteiger charge is 2.09. The molecule has 0 saturated carbocycles. The number of carbonyl (C=O) groups excluding carboxylic acids is 1. The molecule has 1 aromatic heterocycles. The molecule has 1 heterocycles. The predicted octanol–water partition coefficient (Wildman–Crippen LogP) is 5.20. The lowest BCUT2D eigenvalue weighted by Gasteiger charge is -2.11. The van der Waals surface area contributed by atoms with Crippen LogP contribution in [0, 0.1) is 0 Å². The van der Waals surface area contributed by atoms with Crippen LogP contribution in [0.1, 0.15) is 10.4 Å². The van der Waals surface area contributed by atoms with Crippen molar-refractivity contribution in [1.29, 1.82) is 0 Å². The Labute approximate surface area is 154 Å². The largest absolute Gasteiger partial charge is 0.332 e. The summed E-state index contributed by atoms with van der Waals surface area (Å²) >= 11 is 13.2. The van der Waals surface area contributed by atoms with E-state index in [4.69, 9.17) is 23.8 Å². The summed E-state index contributed by atoms with van der Waals surface area (Å²) in [6, 6.07) is 18.5. The molecular weight excluding hydrogens is 360 g/mol. The van der Waals surface area contributed by atoms with Gasteiger partial charge in [-0.2, -0.15) is 0 Å². The number of benzene rings is 2. The van der Waals surface area contributed by atoms with Crippen molar-refractivity contribution in [1.82, 2.24) is 5.32 Å². The normalized spacial score (nSPS) is 10.2. The van der Waals surface area contributed by atoms with E-state index in [1.807, 2.05) is 35.7 Å². The number of thiophene rings is 1. The first-order valence-electron chi connectivity index (χ1n) is 7.14. The molecule has 0 aliphatic carbocycles. The van der Waals surface area contributed by atoms with E-state index in [-0.39, 0.29) is 11.0 Å². The van der Waals surface area contributed by atoms with E-state index in [1.54, 1.807) is 41.7 Å². The van der Waals surface area contributed by atoms with E-state index < -0.39 is 0 Å². The van der Waals surface area contributed by atoms with Gasteiger partial charge >= 0.3 is 0 Å². The highest BCUT2D eigenvalue weighted by atomic mass is 35.5. The molecule has 2 N–H and O–H groups in total. The molecule has 0 radical (unpaired) electrons. The number of carbonyl (C=O) groups is 1. The predicted molar refractivity (Wildman–Crippen MR) is 105 cm³/mol. The van der Waals surface area contributed by atoms with Crippen LogP contribution in [0.15, 0.2) is 66.0 Å². The zero-order valence-corrected chi connectivity index (χ0v) is 14.8. The monoisotopic (exact) mass is 372 g/mol. The Morgan fingerprint density at radius 3 is 2.50 bits per heavy atom. The highest BCUT2D eigenvalue weighted by molar-refractivity contribution is 7.80. The molecule has 0 spiro atoms. The van der Waals surface area contributed by atoms with Crippen molar-refractivity contribution in [2.75, 3.05) is 5.32 Å². The van der Waals surface area contributed by atoms with Crippen LogP contribution in [0.2, 0.25) is 5.02 Å². The number of rotatable bonds is 3. The maximum absolute atomic E-state index is 12.1. The van der Waals surface area contributed by atoms with Crippen LogP contribution in [0.4, 0.5) is 5.69 Å². The van der Waals surface area contributed by atoms with Crippen molar-refractivity contribution >= 4 is 51.9 Å². The van der Waals surface area contributed by atoms with Gasteiger partial charge in [0.2, 0.25) is 0 Å². The summed E-state index contributed by atoms with van der Waals surface area (Å²) in [4.78, 5) is 13.2. The molecule has 3 nitrogen and oxygen atoms in total. The van der Waals surface area contributed by atoms with E-state index in [0.29, 0.717) is 10.6 Å². The van der Waals surface area contributed by atoms with Crippen LogP contribution in [0.25, 0.3) is 10.4 Å². The standard InChI is InChI=1S/C18H13ClN2OS2/c19-15-11-13(8-9-14(15)16-7-4-10-24-16)20-18(23)21-17(22)12-5-2-1-3-6-12/h1-11H,(H2,20,21,22,23). The molecule has 0 aliphatic heterocycles. The summed E-state index contributed by atoms with van der Waals surface area (Å²) in [5.41, 5.74) is 2.24. The molecule has 0 saturated heterocycles. The molecule has 24 heavy (non-hydrogen) atoms. The second-order valence-corrected chi connectivity index (χ2v) is 6.71. The third-order valence-electron chi connectivity index (χ3n) is 3.28. The summed E-state index contributed by atoms with van der Waals surface area (Å²) in [5, 5.41) is 8.48. The van der Waals surface area contributed by atoms with Gasteiger partial charge in [0.05, 0.1) is 5.02 Å². The SMILES string of the molecule is O=C(NC(=S)Nc1ccc(-c2cccs2)c(Cl)c1)c1ccccc1. The van der Waals surface area contributed by atoms with E-state index in [9.17, 15) is 4.79 Å². The number of nitrogens with one attached hydrogen (secondary N) is 2. The number of anilines is 1. The van der Waals surface area contributed by atoms with Gasteiger partial charge in [0, 0.05) is 21.7 Å². The van der Waals surface area contributed by atoms with Gasteiger partial charge in [-0.25, -0.2) is 0 Å². The second-order valence-electron chi connectivity index (χ2n) is 4.95. The Bertz CT molecular complexity index is 864. The van der Waals surface area contributed by atoms with Crippen LogP contribution in [-0.2, 0) is 0 Å². The number of halogens is 1. The molecule has 0 atom stereocenters. The summed E-state index contributed by atoms with van der Waals surface area (Å²) in [5.74, 6) is -0.255. The fourth-order valence-electron chi connectivity index (χ4n) is 2.15. The molecule has 1 amide bonds. The van der Waals surface area contributed by atoms with Crippen molar-refractivity contribution in [3.63, 3.8) is 0 Å². The van der Waals surface area contributed by atoms with Crippen LogP contribution >= 0.6 is 35.2 Å². The topological polar surface area (TPSA) is 41.1 Å². The maximum Gasteiger partial charge on any atom is 0.257 e. The first-order chi connectivity index (χ1) is 11.6. The maximum atomic E-state index is 12.1. The smallest absolute Gasteiger partial charge is 0.257 e. The van der Waals surface area contributed by atoms with E-state index in [1.165, 1.54) is 0 Å². The summed E-state index contributed by atoms with van der Waals surface area (Å²) < 4.78 is 0. The molecule has 120 valence electrons. The zero-order chi connectivity index (χ0) is 16.9. The lowest BCUT2D eigenvalue weighted by molar-refractivity contribution is 0.0978. The summed E-state index contributed by atoms with van der Waals surface area (Å²) in [6.45, 7) is 0. The third kappa shape index (κ3) is 4.00. The van der Waals surface area contributed by atoms with Crippen molar-refractivity contribution in [2.45, 2.75) is 0 Å². The van der Waals surface area contributed by atoms with E-state index in [0.717, 1.165) is 16.1 Å². The highest BCUT2D eigenvalue weighted by Crippen LogP contribution is 2.33. The van der Waals surface area contributed by atoms with Crippen LogP contribution in [-0.4, -0.2) is 11.0 Å². The fraction of sp³-hybridized carbons (Fsp3) is 0. The summed E-state index contributed by atoms with van der Waals surface area (Å²) in [7, 11) is 0. The van der Waals surface area contributed by atoms with Gasteiger partial charge in [-0.1, -0.05) is 35.9 Å². The Kier molecular flexibility index (Phi) is 5.25. The van der Waals surface area contributed by atoms with Gasteiger partial charge in [-0.3, -0.25) is 10.1 Å². The molecule has 2 aromatic carbocycles. The molecule has 0 fully saturated rings. The van der Waals surface area contributed by atoms with Crippen LogP contribution < -0.4 is 10.6 Å². The van der Waals surface area contributed by atoms with Gasteiger partial charge in [-0.15, -0.1) is 11.3 Å². The van der Waals surface area contributed by atoms with E-state index >= 15 is 0 Å². The summed E-state index contributed by atoms with van der Waals surface area (Å²) in [6.07, 6.45) is 0. The second kappa shape index (κ2) is 7.57. The van der Waals surface area contributed by atoms with Gasteiger partial charge < -0.3 is 5.32 Å². The lowest BCUT2D eigenvalue weighted by Crippen LogP contribution is -2.34. The van der Waals surface area contributed by atoms with Crippen LogP contribution in [0.5, 0.6) is 0 Å². The molecular formula is C18H13ClN2OS2. The zero-order valence-electron chi connectivity index (χ0n) is 12.5. The minimum atomic E-state index is -0.255.